The van der Waals surface area contributed by atoms with Crippen LogP contribution in [0.1, 0.15) is 20.3 Å². The SMILES string of the molecule is CCN(CC)CCCOC(=O)Cl. The topological polar surface area (TPSA) is 29.5 Å². The van der Waals surface area contributed by atoms with Gasteiger partial charge >= 0.3 is 5.43 Å². The van der Waals surface area contributed by atoms with E-state index < -0.39 is 5.43 Å². The number of nitrogens with zero attached hydrogens (tertiary/aromatic N) is 1. The van der Waals surface area contributed by atoms with Crippen LogP contribution < -0.4 is 0 Å². The van der Waals surface area contributed by atoms with Crippen LogP contribution in [0.3, 0.4) is 0 Å². The van der Waals surface area contributed by atoms with Gasteiger partial charge in [-0.05, 0) is 19.5 Å². The van der Waals surface area contributed by atoms with E-state index in [1.807, 2.05) is 0 Å². The van der Waals surface area contributed by atoms with Gasteiger partial charge in [0.15, 0.2) is 0 Å². The molecule has 0 aromatic heterocycles. The summed E-state index contributed by atoms with van der Waals surface area (Å²) in [5.74, 6) is 0. The van der Waals surface area contributed by atoms with E-state index >= 15 is 0 Å². The number of carbonyl (C=O) groups excluding carboxylic acids is 1. The first-order valence-electron chi connectivity index (χ1n) is 4.25. The Kier molecular flexibility index (Phi) is 7.20. The fourth-order valence-corrected chi connectivity index (χ4v) is 1.06. The fraction of sp³-hybridized carbons (Fsp3) is 0.875. The molecule has 0 spiro atoms. The summed E-state index contributed by atoms with van der Waals surface area (Å²) in [5.41, 5.74) is -0.713. The Morgan fingerprint density at radius 2 is 2.00 bits per heavy atom. The van der Waals surface area contributed by atoms with Crippen molar-refractivity contribution < 1.29 is 9.53 Å². The molecule has 0 rings (SSSR count). The number of ether oxygens (including phenoxy) is 1. The molecule has 12 heavy (non-hydrogen) atoms. The van der Waals surface area contributed by atoms with Gasteiger partial charge in [-0.3, -0.25) is 0 Å². The molecule has 0 atom stereocenters. The molecule has 4 heteroatoms. The predicted octanol–water partition coefficient (Wildman–Crippen LogP) is 2.09. The van der Waals surface area contributed by atoms with Crippen molar-refractivity contribution in [1.82, 2.24) is 4.90 Å². The van der Waals surface area contributed by atoms with Gasteiger partial charge in [0.25, 0.3) is 0 Å². The van der Waals surface area contributed by atoms with Gasteiger partial charge in [-0.25, -0.2) is 4.79 Å². The highest BCUT2D eigenvalue weighted by Crippen LogP contribution is 1.93. The molecule has 0 aliphatic rings. The van der Waals surface area contributed by atoms with Crippen LogP contribution in [0, 0.1) is 0 Å². The van der Waals surface area contributed by atoms with Gasteiger partial charge in [0.05, 0.1) is 6.61 Å². The number of carbonyl (C=O) groups is 1. The Hall–Kier alpha value is -0.280. The molecule has 0 saturated carbocycles. The Bertz CT molecular complexity index is 126. The van der Waals surface area contributed by atoms with Gasteiger partial charge in [0.2, 0.25) is 0 Å². The predicted molar refractivity (Wildman–Crippen MR) is 49.6 cm³/mol. The molecule has 0 radical (unpaired) electrons. The van der Waals surface area contributed by atoms with Crippen LogP contribution in [0.4, 0.5) is 4.79 Å². The van der Waals surface area contributed by atoms with Crippen molar-refractivity contribution in [2.75, 3.05) is 26.2 Å². The van der Waals surface area contributed by atoms with Crippen LogP contribution >= 0.6 is 11.6 Å². The monoisotopic (exact) mass is 193 g/mol. The van der Waals surface area contributed by atoms with Gasteiger partial charge in [-0.15, -0.1) is 0 Å². The summed E-state index contributed by atoms with van der Waals surface area (Å²) < 4.78 is 4.58. The van der Waals surface area contributed by atoms with Gasteiger partial charge in [-0.1, -0.05) is 13.8 Å². The third-order valence-corrected chi connectivity index (χ3v) is 1.84. The zero-order chi connectivity index (χ0) is 9.40. The molecule has 0 unspecified atom stereocenters. The first kappa shape index (κ1) is 11.7. The molecule has 0 N–H and O–H groups in total. The minimum absolute atomic E-state index is 0.416. The molecule has 0 heterocycles. The normalized spacial score (nSPS) is 10.3. The van der Waals surface area contributed by atoms with E-state index in [1.165, 1.54) is 0 Å². The van der Waals surface area contributed by atoms with Crippen molar-refractivity contribution in [1.29, 1.82) is 0 Å². The second kappa shape index (κ2) is 7.37. The van der Waals surface area contributed by atoms with Gasteiger partial charge < -0.3 is 9.64 Å². The molecule has 0 aromatic carbocycles. The lowest BCUT2D eigenvalue weighted by molar-refractivity contribution is 0.164. The van der Waals surface area contributed by atoms with Crippen molar-refractivity contribution in [3.63, 3.8) is 0 Å². The Balaban J connectivity index is 3.23. The zero-order valence-electron chi connectivity index (χ0n) is 7.68. The molecular weight excluding hydrogens is 178 g/mol. The van der Waals surface area contributed by atoms with Crippen LogP contribution in [-0.2, 0) is 4.74 Å². The lowest BCUT2D eigenvalue weighted by Gasteiger charge is -2.16. The van der Waals surface area contributed by atoms with Crippen LogP contribution in [0.25, 0.3) is 0 Å². The molecule has 0 fully saturated rings. The highest BCUT2D eigenvalue weighted by Gasteiger charge is 1.99. The average Bonchev–Trinajstić information content (AvgIpc) is 2.04. The second-order valence-corrected chi connectivity index (χ2v) is 2.78. The summed E-state index contributed by atoms with van der Waals surface area (Å²) in [6.45, 7) is 7.65. The highest BCUT2D eigenvalue weighted by molar-refractivity contribution is 6.61. The van der Waals surface area contributed by atoms with E-state index in [9.17, 15) is 4.79 Å². The van der Waals surface area contributed by atoms with E-state index in [1.54, 1.807) is 0 Å². The van der Waals surface area contributed by atoms with Crippen LogP contribution in [0.2, 0.25) is 0 Å². The zero-order valence-corrected chi connectivity index (χ0v) is 8.43. The molecule has 0 amide bonds. The van der Waals surface area contributed by atoms with Gasteiger partial charge in [0, 0.05) is 18.1 Å². The first-order valence-corrected chi connectivity index (χ1v) is 4.63. The Morgan fingerprint density at radius 3 is 2.42 bits per heavy atom. The summed E-state index contributed by atoms with van der Waals surface area (Å²) in [5, 5.41) is 0. The van der Waals surface area contributed by atoms with Crippen molar-refractivity contribution >= 4 is 17.0 Å². The molecule has 3 nitrogen and oxygen atoms in total. The molecule has 0 bridgehead atoms. The summed E-state index contributed by atoms with van der Waals surface area (Å²) in [7, 11) is 0. The minimum atomic E-state index is -0.713. The van der Waals surface area contributed by atoms with E-state index in [0.29, 0.717) is 6.61 Å². The lowest BCUT2D eigenvalue weighted by Crippen LogP contribution is -2.24. The van der Waals surface area contributed by atoms with E-state index in [2.05, 4.69) is 23.5 Å². The van der Waals surface area contributed by atoms with Crippen molar-refractivity contribution in [3.8, 4) is 0 Å². The molecule has 0 saturated heterocycles. The smallest absolute Gasteiger partial charge is 0.403 e. The molecule has 0 aliphatic heterocycles. The maximum Gasteiger partial charge on any atom is 0.403 e. The second-order valence-electron chi connectivity index (χ2n) is 2.47. The number of halogens is 1. The molecule has 72 valence electrons. The van der Waals surface area contributed by atoms with E-state index in [-0.39, 0.29) is 0 Å². The molecule has 0 aliphatic carbocycles. The summed E-state index contributed by atoms with van der Waals surface area (Å²) in [6.07, 6.45) is 0.847. The standard InChI is InChI=1S/C8H16ClNO2/c1-3-10(4-2)6-5-7-12-8(9)11/h3-7H2,1-2H3. The number of hydrogen-bond donors (Lipinski definition) is 0. The maximum atomic E-state index is 10.2. The average molecular weight is 194 g/mol. The third-order valence-electron chi connectivity index (χ3n) is 1.73. The third kappa shape index (κ3) is 6.43. The maximum absolute atomic E-state index is 10.2. The number of hydrogen-bond acceptors (Lipinski definition) is 3. The first-order chi connectivity index (χ1) is 5.70. The van der Waals surface area contributed by atoms with Gasteiger partial charge in [0.1, 0.15) is 0 Å². The van der Waals surface area contributed by atoms with Crippen LogP contribution in [0.15, 0.2) is 0 Å². The fourth-order valence-electron chi connectivity index (χ4n) is 0.980. The summed E-state index contributed by atoms with van der Waals surface area (Å²) >= 11 is 4.99. The Morgan fingerprint density at radius 1 is 1.42 bits per heavy atom. The molecule has 0 aromatic rings. The summed E-state index contributed by atoms with van der Waals surface area (Å²) in [4.78, 5) is 12.4. The number of rotatable bonds is 6. The van der Waals surface area contributed by atoms with E-state index in [4.69, 9.17) is 11.6 Å². The largest absolute Gasteiger partial charge is 0.454 e. The lowest BCUT2D eigenvalue weighted by atomic mass is 10.4. The van der Waals surface area contributed by atoms with Crippen molar-refractivity contribution in [3.05, 3.63) is 0 Å². The van der Waals surface area contributed by atoms with Crippen LogP contribution in [-0.4, -0.2) is 36.6 Å². The van der Waals surface area contributed by atoms with Crippen molar-refractivity contribution in [2.45, 2.75) is 20.3 Å². The van der Waals surface area contributed by atoms with Gasteiger partial charge in [-0.2, -0.15) is 0 Å². The summed E-state index contributed by atoms with van der Waals surface area (Å²) in [6, 6.07) is 0. The van der Waals surface area contributed by atoms with Crippen LogP contribution in [0.5, 0.6) is 0 Å². The quantitative estimate of drug-likeness (QED) is 0.478. The Labute approximate surface area is 78.6 Å². The molecular formula is C8H16ClNO2. The van der Waals surface area contributed by atoms with E-state index in [0.717, 1.165) is 26.1 Å². The highest BCUT2D eigenvalue weighted by atomic mass is 35.5. The minimum Gasteiger partial charge on any atom is -0.454 e. The van der Waals surface area contributed by atoms with Crippen molar-refractivity contribution in [2.24, 2.45) is 0 Å².